The van der Waals surface area contributed by atoms with E-state index in [9.17, 15) is 0 Å². The average molecular weight is 380 g/mol. The molecule has 0 saturated heterocycles. The van der Waals surface area contributed by atoms with E-state index in [1.54, 1.807) is 7.11 Å². The Morgan fingerprint density at radius 1 is 1.07 bits per heavy atom. The molecular formula is C22H22ClN3O. The third-order valence-electron chi connectivity index (χ3n) is 4.88. The zero-order valence-electron chi connectivity index (χ0n) is 15.3. The number of hydrogen-bond acceptors (Lipinski definition) is 4. The van der Waals surface area contributed by atoms with Gasteiger partial charge in [0.25, 0.3) is 0 Å². The fourth-order valence-corrected chi connectivity index (χ4v) is 3.59. The van der Waals surface area contributed by atoms with E-state index in [2.05, 4.69) is 17.4 Å². The molecule has 0 unspecified atom stereocenters. The van der Waals surface area contributed by atoms with E-state index in [0.29, 0.717) is 0 Å². The average Bonchev–Trinajstić information content (AvgIpc) is 3.17. The lowest BCUT2D eigenvalue weighted by Gasteiger charge is -2.13. The summed E-state index contributed by atoms with van der Waals surface area (Å²) in [5.41, 5.74) is 4.66. The minimum atomic E-state index is 0.719. The van der Waals surface area contributed by atoms with Gasteiger partial charge >= 0.3 is 0 Å². The number of halogens is 1. The van der Waals surface area contributed by atoms with Crippen LogP contribution in [-0.2, 0) is 19.3 Å². The highest BCUT2D eigenvalue weighted by Crippen LogP contribution is 2.29. The van der Waals surface area contributed by atoms with E-state index >= 15 is 0 Å². The molecule has 4 nitrogen and oxygen atoms in total. The number of hydrogen-bond donors (Lipinski definition) is 1. The molecule has 0 atom stereocenters. The first-order valence-electron chi connectivity index (χ1n) is 9.25. The van der Waals surface area contributed by atoms with Crippen LogP contribution >= 0.6 is 11.6 Å². The summed E-state index contributed by atoms with van der Waals surface area (Å²) in [4.78, 5) is 9.61. The van der Waals surface area contributed by atoms with Crippen LogP contribution in [0.15, 0.2) is 48.5 Å². The zero-order valence-corrected chi connectivity index (χ0v) is 16.1. The van der Waals surface area contributed by atoms with Gasteiger partial charge in [0.05, 0.1) is 7.11 Å². The fraction of sp³-hybridized carbons (Fsp3) is 0.273. The van der Waals surface area contributed by atoms with Gasteiger partial charge in [0.15, 0.2) is 5.82 Å². The standard InChI is InChI=1S/C22H22ClN3O/c1-27-18-5-2-4-15(14-18)12-13-24-22-19-6-3-7-20(19)25-21(26-22)16-8-10-17(23)11-9-16/h2,4-5,8-11,14H,3,6-7,12-13H2,1H3,(H,24,25,26). The molecule has 0 spiro atoms. The maximum atomic E-state index is 6.01. The third-order valence-corrected chi connectivity index (χ3v) is 5.13. The molecule has 1 aliphatic carbocycles. The quantitative estimate of drug-likeness (QED) is 0.658. The van der Waals surface area contributed by atoms with E-state index < -0.39 is 0 Å². The smallest absolute Gasteiger partial charge is 0.161 e. The van der Waals surface area contributed by atoms with Gasteiger partial charge < -0.3 is 10.1 Å². The Kier molecular flexibility index (Phi) is 5.26. The van der Waals surface area contributed by atoms with E-state index in [-0.39, 0.29) is 0 Å². The van der Waals surface area contributed by atoms with Crippen LogP contribution < -0.4 is 10.1 Å². The van der Waals surface area contributed by atoms with Crippen LogP contribution in [0.3, 0.4) is 0 Å². The lowest BCUT2D eigenvalue weighted by atomic mass is 10.1. The molecule has 0 saturated carbocycles. The molecule has 1 heterocycles. The molecule has 1 N–H and O–H groups in total. The lowest BCUT2D eigenvalue weighted by molar-refractivity contribution is 0.414. The Bertz CT molecular complexity index is 941. The van der Waals surface area contributed by atoms with Gasteiger partial charge in [-0.1, -0.05) is 23.7 Å². The molecular weight excluding hydrogens is 358 g/mol. The summed E-state index contributed by atoms with van der Waals surface area (Å²) < 4.78 is 5.30. The van der Waals surface area contributed by atoms with Crippen molar-refractivity contribution in [3.63, 3.8) is 0 Å². The Morgan fingerprint density at radius 3 is 2.74 bits per heavy atom. The van der Waals surface area contributed by atoms with Crippen molar-refractivity contribution in [1.82, 2.24) is 9.97 Å². The van der Waals surface area contributed by atoms with Crippen molar-refractivity contribution in [2.24, 2.45) is 0 Å². The first kappa shape index (κ1) is 17.8. The number of aryl methyl sites for hydroxylation is 1. The number of fused-ring (bicyclic) bond motifs is 1. The van der Waals surface area contributed by atoms with Crippen LogP contribution in [0.4, 0.5) is 5.82 Å². The first-order chi connectivity index (χ1) is 13.2. The molecule has 2 aromatic carbocycles. The number of methoxy groups -OCH3 is 1. The summed E-state index contributed by atoms with van der Waals surface area (Å²) in [6.07, 6.45) is 4.10. The molecule has 3 aromatic rings. The number of aromatic nitrogens is 2. The second-order valence-corrected chi connectivity index (χ2v) is 7.15. The van der Waals surface area contributed by atoms with Gasteiger partial charge in [-0.05, 0) is 67.6 Å². The van der Waals surface area contributed by atoms with Crippen LogP contribution in [0, 0.1) is 0 Å². The number of nitrogens with one attached hydrogen (secondary N) is 1. The Balaban J connectivity index is 1.54. The van der Waals surface area contributed by atoms with Gasteiger partial charge in [-0.3, -0.25) is 0 Å². The van der Waals surface area contributed by atoms with Crippen molar-refractivity contribution in [2.45, 2.75) is 25.7 Å². The summed E-state index contributed by atoms with van der Waals surface area (Å²) in [6.45, 7) is 0.816. The zero-order chi connectivity index (χ0) is 18.6. The maximum Gasteiger partial charge on any atom is 0.161 e. The maximum absolute atomic E-state index is 6.01. The first-order valence-corrected chi connectivity index (χ1v) is 9.63. The van der Waals surface area contributed by atoms with Gasteiger partial charge in [0, 0.05) is 28.4 Å². The number of rotatable bonds is 6. The highest BCUT2D eigenvalue weighted by Gasteiger charge is 2.19. The molecule has 4 rings (SSSR count). The van der Waals surface area contributed by atoms with E-state index in [1.165, 1.54) is 16.8 Å². The van der Waals surface area contributed by atoms with Crippen LogP contribution in [0.2, 0.25) is 5.02 Å². The minimum absolute atomic E-state index is 0.719. The minimum Gasteiger partial charge on any atom is -0.497 e. The van der Waals surface area contributed by atoms with Gasteiger partial charge in [-0.25, -0.2) is 9.97 Å². The van der Waals surface area contributed by atoms with Crippen LogP contribution in [-0.4, -0.2) is 23.6 Å². The number of benzene rings is 2. The molecule has 138 valence electrons. The van der Waals surface area contributed by atoms with E-state index in [4.69, 9.17) is 26.3 Å². The molecule has 27 heavy (non-hydrogen) atoms. The van der Waals surface area contributed by atoms with Crippen LogP contribution in [0.25, 0.3) is 11.4 Å². The Morgan fingerprint density at radius 2 is 1.93 bits per heavy atom. The summed E-state index contributed by atoms with van der Waals surface area (Å²) >= 11 is 6.01. The van der Waals surface area contributed by atoms with E-state index in [1.807, 2.05) is 36.4 Å². The monoisotopic (exact) mass is 379 g/mol. The predicted octanol–water partition coefficient (Wildman–Crippen LogP) is 4.95. The molecule has 0 amide bonds. The number of ether oxygens (including phenoxy) is 1. The van der Waals surface area contributed by atoms with Crippen molar-refractivity contribution in [2.75, 3.05) is 19.0 Å². The highest BCUT2D eigenvalue weighted by molar-refractivity contribution is 6.30. The molecule has 0 bridgehead atoms. The van der Waals surface area contributed by atoms with E-state index in [0.717, 1.165) is 60.2 Å². The van der Waals surface area contributed by atoms with Crippen molar-refractivity contribution >= 4 is 17.4 Å². The Hall–Kier alpha value is -2.59. The van der Waals surface area contributed by atoms with Gasteiger partial charge in [-0.15, -0.1) is 0 Å². The van der Waals surface area contributed by atoms with Crippen molar-refractivity contribution in [1.29, 1.82) is 0 Å². The van der Waals surface area contributed by atoms with Crippen molar-refractivity contribution < 1.29 is 4.74 Å². The molecule has 1 aliphatic rings. The molecule has 0 fully saturated rings. The molecule has 0 radical (unpaired) electrons. The normalized spacial score (nSPS) is 12.7. The topological polar surface area (TPSA) is 47.0 Å². The summed E-state index contributed by atoms with van der Waals surface area (Å²) in [5.74, 6) is 2.61. The largest absolute Gasteiger partial charge is 0.497 e. The fourth-order valence-electron chi connectivity index (χ4n) is 3.46. The van der Waals surface area contributed by atoms with Crippen LogP contribution in [0.1, 0.15) is 23.2 Å². The van der Waals surface area contributed by atoms with Gasteiger partial charge in [0.2, 0.25) is 0 Å². The third kappa shape index (κ3) is 4.06. The molecule has 5 heteroatoms. The van der Waals surface area contributed by atoms with Gasteiger partial charge in [-0.2, -0.15) is 0 Å². The van der Waals surface area contributed by atoms with Crippen molar-refractivity contribution in [3.05, 3.63) is 70.4 Å². The van der Waals surface area contributed by atoms with Crippen molar-refractivity contribution in [3.8, 4) is 17.1 Å². The molecule has 0 aliphatic heterocycles. The summed E-state index contributed by atoms with van der Waals surface area (Å²) in [5, 5.41) is 4.25. The summed E-state index contributed by atoms with van der Waals surface area (Å²) in [7, 11) is 1.69. The number of anilines is 1. The lowest BCUT2D eigenvalue weighted by Crippen LogP contribution is -2.10. The summed E-state index contributed by atoms with van der Waals surface area (Å²) in [6, 6.07) is 15.9. The second kappa shape index (κ2) is 7.97. The van der Waals surface area contributed by atoms with Gasteiger partial charge in [0.1, 0.15) is 11.6 Å². The SMILES string of the molecule is COc1cccc(CCNc2nc(-c3ccc(Cl)cc3)nc3c2CCC3)c1. The Labute approximate surface area is 164 Å². The highest BCUT2D eigenvalue weighted by atomic mass is 35.5. The predicted molar refractivity (Wildman–Crippen MR) is 110 cm³/mol. The second-order valence-electron chi connectivity index (χ2n) is 6.71. The molecule has 1 aromatic heterocycles. The van der Waals surface area contributed by atoms with Crippen LogP contribution in [0.5, 0.6) is 5.75 Å². The number of nitrogens with zero attached hydrogens (tertiary/aromatic N) is 2.